The molecule has 0 saturated carbocycles. The molecular formula is C14H12F2N2O. The Morgan fingerprint density at radius 1 is 1.16 bits per heavy atom. The van der Waals surface area contributed by atoms with E-state index in [0.29, 0.717) is 11.4 Å². The second-order valence-corrected chi connectivity index (χ2v) is 4.62. The quantitative estimate of drug-likeness (QED) is 0.904. The molecule has 0 radical (unpaired) electrons. The van der Waals surface area contributed by atoms with E-state index in [1.54, 1.807) is 12.1 Å². The molecule has 0 aliphatic heterocycles. The summed E-state index contributed by atoms with van der Waals surface area (Å²) in [5.74, 6) is 0.450. The van der Waals surface area contributed by atoms with Crippen LogP contribution in [-0.2, 0) is 12.8 Å². The topological polar surface area (TPSA) is 45.8 Å². The summed E-state index contributed by atoms with van der Waals surface area (Å²) in [6.45, 7) is 0. The van der Waals surface area contributed by atoms with Gasteiger partial charge in [-0.2, -0.15) is 0 Å². The predicted octanol–water partition coefficient (Wildman–Crippen LogP) is 2.86. The number of benzene rings is 1. The van der Waals surface area contributed by atoms with Gasteiger partial charge in [-0.1, -0.05) is 24.3 Å². The van der Waals surface area contributed by atoms with Gasteiger partial charge in [0.2, 0.25) is 0 Å². The molecule has 1 N–H and O–H groups in total. The zero-order chi connectivity index (χ0) is 13.4. The molecular weight excluding hydrogens is 250 g/mol. The fraction of sp³-hybridized carbons (Fsp3) is 0.286. The van der Waals surface area contributed by atoms with Crippen molar-refractivity contribution in [3.8, 4) is 11.4 Å². The van der Waals surface area contributed by atoms with Gasteiger partial charge in [0, 0.05) is 16.7 Å². The van der Waals surface area contributed by atoms with Crippen LogP contribution in [0.2, 0.25) is 0 Å². The van der Waals surface area contributed by atoms with E-state index in [1.807, 2.05) is 0 Å². The van der Waals surface area contributed by atoms with Crippen LogP contribution in [0.25, 0.3) is 11.4 Å². The molecule has 3 rings (SSSR count). The largest absolute Gasteiger partial charge is 0.306 e. The molecule has 1 aliphatic rings. The molecule has 0 fully saturated rings. The van der Waals surface area contributed by atoms with Gasteiger partial charge >= 0.3 is 0 Å². The zero-order valence-electron chi connectivity index (χ0n) is 10.1. The van der Waals surface area contributed by atoms with Gasteiger partial charge < -0.3 is 4.98 Å². The van der Waals surface area contributed by atoms with Crippen molar-refractivity contribution < 1.29 is 8.78 Å². The van der Waals surface area contributed by atoms with Crippen LogP contribution in [0.15, 0.2) is 29.1 Å². The molecule has 98 valence electrons. The lowest BCUT2D eigenvalue weighted by molar-refractivity contribution is 0.151. The summed E-state index contributed by atoms with van der Waals surface area (Å²) >= 11 is 0. The zero-order valence-corrected chi connectivity index (χ0v) is 10.1. The van der Waals surface area contributed by atoms with Gasteiger partial charge in [0.25, 0.3) is 12.0 Å². The smallest absolute Gasteiger partial charge is 0.263 e. The van der Waals surface area contributed by atoms with E-state index >= 15 is 0 Å². The van der Waals surface area contributed by atoms with Crippen LogP contribution in [0.3, 0.4) is 0 Å². The Balaban J connectivity index is 2.03. The minimum Gasteiger partial charge on any atom is -0.306 e. The highest BCUT2D eigenvalue weighted by molar-refractivity contribution is 5.56. The van der Waals surface area contributed by atoms with Crippen molar-refractivity contribution in [2.45, 2.75) is 25.7 Å². The summed E-state index contributed by atoms with van der Waals surface area (Å²) in [4.78, 5) is 19.0. The third-order valence-electron chi connectivity index (χ3n) is 3.38. The number of fused-ring (bicyclic) bond motifs is 1. The maximum atomic E-state index is 12.5. The lowest BCUT2D eigenvalue weighted by atomic mass is 10.1. The SMILES string of the molecule is O=c1[nH]c(-c2ccc(C(F)F)cc2)nc2c1CCC2. The first-order valence-electron chi connectivity index (χ1n) is 6.15. The van der Waals surface area contributed by atoms with Crippen LogP contribution < -0.4 is 5.56 Å². The van der Waals surface area contributed by atoms with E-state index in [1.165, 1.54) is 12.1 Å². The summed E-state index contributed by atoms with van der Waals surface area (Å²) < 4.78 is 24.9. The molecule has 0 atom stereocenters. The molecule has 0 spiro atoms. The Kier molecular flexibility index (Phi) is 2.89. The van der Waals surface area contributed by atoms with E-state index in [4.69, 9.17) is 0 Å². The van der Waals surface area contributed by atoms with Crippen molar-refractivity contribution in [3.05, 3.63) is 51.4 Å². The number of nitrogens with zero attached hydrogens (tertiary/aromatic N) is 1. The van der Waals surface area contributed by atoms with Gasteiger partial charge in [-0.15, -0.1) is 0 Å². The Morgan fingerprint density at radius 3 is 2.58 bits per heavy atom. The number of alkyl halides is 2. The number of nitrogens with one attached hydrogen (secondary N) is 1. The highest BCUT2D eigenvalue weighted by Crippen LogP contribution is 2.23. The van der Waals surface area contributed by atoms with Crippen molar-refractivity contribution in [3.63, 3.8) is 0 Å². The van der Waals surface area contributed by atoms with Crippen LogP contribution in [0.4, 0.5) is 8.78 Å². The van der Waals surface area contributed by atoms with Crippen LogP contribution in [-0.4, -0.2) is 9.97 Å². The maximum Gasteiger partial charge on any atom is 0.263 e. The van der Waals surface area contributed by atoms with E-state index < -0.39 is 6.43 Å². The van der Waals surface area contributed by atoms with Gasteiger partial charge in [0.15, 0.2) is 0 Å². The average molecular weight is 262 g/mol. The van der Waals surface area contributed by atoms with Crippen molar-refractivity contribution in [2.75, 3.05) is 0 Å². The fourth-order valence-corrected chi connectivity index (χ4v) is 2.36. The predicted molar refractivity (Wildman–Crippen MR) is 67.3 cm³/mol. The molecule has 0 saturated heterocycles. The summed E-state index contributed by atoms with van der Waals surface area (Å²) in [5, 5.41) is 0. The van der Waals surface area contributed by atoms with Crippen LogP contribution in [0.5, 0.6) is 0 Å². The van der Waals surface area contributed by atoms with Crippen molar-refractivity contribution >= 4 is 0 Å². The average Bonchev–Trinajstić information content (AvgIpc) is 2.87. The van der Waals surface area contributed by atoms with Gasteiger partial charge in [0.1, 0.15) is 5.82 Å². The molecule has 0 bridgehead atoms. The van der Waals surface area contributed by atoms with Gasteiger partial charge in [-0.25, -0.2) is 13.8 Å². The van der Waals surface area contributed by atoms with E-state index in [9.17, 15) is 13.6 Å². The number of halogens is 2. The Morgan fingerprint density at radius 2 is 1.89 bits per heavy atom. The van der Waals surface area contributed by atoms with Crippen molar-refractivity contribution in [2.24, 2.45) is 0 Å². The normalized spacial score (nSPS) is 13.8. The lowest BCUT2D eigenvalue weighted by Gasteiger charge is -2.05. The van der Waals surface area contributed by atoms with Crippen molar-refractivity contribution in [1.82, 2.24) is 9.97 Å². The van der Waals surface area contributed by atoms with Crippen LogP contribution in [0, 0.1) is 0 Å². The molecule has 1 heterocycles. The first kappa shape index (κ1) is 12.0. The molecule has 1 aliphatic carbocycles. The molecule has 1 aromatic carbocycles. The van der Waals surface area contributed by atoms with Gasteiger partial charge in [-0.05, 0) is 19.3 Å². The third-order valence-corrected chi connectivity index (χ3v) is 3.38. The molecule has 5 heteroatoms. The second-order valence-electron chi connectivity index (χ2n) is 4.62. The fourth-order valence-electron chi connectivity index (χ4n) is 2.36. The Hall–Kier alpha value is -2.04. The lowest BCUT2D eigenvalue weighted by Crippen LogP contribution is -2.15. The minimum atomic E-state index is -2.49. The molecule has 2 aromatic rings. The van der Waals surface area contributed by atoms with Gasteiger partial charge in [-0.3, -0.25) is 4.79 Å². The Labute approximate surface area is 108 Å². The number of rotatable bonds is 2. The maximum absolute atomic E-state index is 12.5. The summed E-state index contributed by atoms with van der Waals surface area (Å²) in [6, 6.07) is 5.82. The first-order valence-corrected chi connectivity index (χ1v) is 6.15. The minimum absolute atomic E-state index is 0.0349. The molecule has 1 aromatic heterocycles. The molecule has 0 amide bonds. The monoisotopic (exact) mass is 262 g/mol. The molecule has 19 heavy (non-hydrogen) atoms. The highest BCUT2D eigenvalue weighted by Gasteiger charge is 2.17. The van der Waals surface area contributed by atoms with E-state index in [0.717, 1.165) is 30.5 Å². The van der Waals surface area contributed by atoms with E-state index in [2.05, 4.69) is 9.97 Å². The molecule has 0 unspecified atom stereocenters. The van der Waals surface area contributed by atoms with Crippen LogP contribution >= 0.6 is 0 Å². The standard InChI is InChI=1S/C14H12F2N2O/c15-12(16)8-4-6-9(7-5-8)13-17-11-3-1-2-10(11)14(19)18-13/h4-7,12H,1-3H2,(H,17,18,19). The number of hydrogen-bond donors (Lipinski definition) is 1. The number of aromatic amines is 1. The number of aryl methyl sites for hydroxylation is 1. The summed E-state index contributed by atoms with van der Waals surface area (Å²) in [5.41, 5.74) is 2.09. The molecule has 3 nitrogen and oxygen atoms in total. The van der Waals surface area contributed by atoms with Crippen molar-refractivity contribution in [1.29, 1.82) is 0 Å². The number of hydrogen-bond acceptors (Lipinski definition) is 2. The second kappa shape index (κ2) is 4.57. The van der Waals surface area contributed by atoms with Crippen LogP contribution in [0.1, 0.15) is 29.7 Å². The van der Waals surface area contributed by atoms with Gasteiger partial charge in [0.05, 0.1) is 5.69 Å². The first-order chi connectivity index (χ1) is 9.15. The Bertz CT molecular complexity index is 662. The number of H-pyrrole nitrogens is 1. The summed E-state index contributed by atoms with van der Waals surface area (Å²) in [7, 11) is 0. The number of aromatic nitrogens is 2. The summed E-state index contributed by atoms with van der Waals surface area (Å²) in [6.07, 6.45) is 0.0316. The third kappa shape index (κ3) is 2.16. The van der Waals surface area contributed by atoms with E-state index in [-0.39, 0.29) is 11.1 Å². The highest BCUT2D eigenvalue weighted by atomic mass is 19.3.